The van der Waals surface area contributed by atoms with Crippen molar-refractivity contribution in [2.45, 2.75) is 18.9 Å². The van der Waals surface area contributed by atoms with Crippen molar-refractivity contribution < 1.29 is 47.7 Å². The van der Waals surface area contributed by atoms with E-state index < -0.39 is 18.1 Å². The van der Waals surface area contributed by atoms with Gasteiger partial charge < -0.3 is 43.3 Å². The molecule has 0 aromatic heterocycles. The molecule has 4 heterocycles. The number of amides is 5. The maximum Gasteiger partial charge on any atom is 0.410 e. The van der Waals surface area contributed by atoms with Gasteiger partial charge in [-0.2, -0.15) is 0 Å². The fraction of sp³-hybridized carbons (Fsp3) is 0.741. The number of methoxy groups -OCH3 is 2. The van der Waals surface area contributed by atoms with E-state index in [1.54, 1.807) is 19.6 Å². The number of hydrogen-bond acceptors (Lipinski definition) is 10. The molecule has 4 saturated heterocycles. The number of halogens is 1. The molecule has 0 saturated carbocycles. The molecule has 0 aromatic rings. The van der Waals surface area contributed by atoms with Gasteiger partial charge in [0.2, 0.25) is 0 Å². The maximum absolute atomic E-state index is 12.6. The number of morpholine rings is 2. The zero-order valence-electron chi connectivity index (χ0n) is 25.0. The van der Waals surface area contributed by atoms with Crippen molar-refractivity contribution in [1.29, 1.82) is 0 Å². The highest BCUT2D eigenvalue weighted by atomic mass is 35.5. The van der Waals surface area contributed by atoms with Crippen molar-refractivity contribution in [2.75, 3.05) is 106 Å². The molecule has 4 fully saturated rings. The molecule has 5 amide bonds. The first-order valence-corrected chi connectivity index (χ1v) is 14.2. The fourth-order valence-corrected chi connectivity index (χ4v) is 5.15. The quantitative estimate of drug-likeness (QED) is 0.246. The van der Waals surface area contributed by atoms with Crippen LogP contribution in [0.15, 0.2) is 12.7 Å². The van der Waals surface area contributed by atoms with Crippen molar-refractivity contribution in [3.05, 3.63) is 12.7 Å². The molecule has 4 aliphatic rings. The van der Waals surface area contributed by atoms with Gasteiger partial charge in [-0.3, -0.25) is 9.69 Å². The van der Waals surface area contributed by atoms with Gasteiger partial charge in [0, 0.05) is 52.4 Å². The van der Waals surface area contributed by atoms with Crippen LogP contribution in [0.1, 0.15) is 12.8 Å². The average Bonchev–Trinajstić information content (AvgIpc) is 3.06. The highest BCUT2D eigenvalue weighted by Crippen LogP contribution is 2.19. The molecule has 0 aromatic carbocycles. The van der Waals surface area contributed by atoms with E-state index in [9.17, 15) is 24.0 Å². The van der Waals surface area contributed by atoms with E-state index in [2.05, 4.69) is 6.58 Å². The predicted octanol–water partition coefficient (Wildman–Crippen LogP) is 0.666. The number of carbonyl (C=O) groups is 5. The molecular weight excluding hydrogens is 590 g/mol. The molecule has 0 N–H and O–H groups in total. The molecule has 244 valence electrons. The van der Waals surface area contributed by atoms with E-state index in [1.165, 1.54) is 25.2 Å². The van der Waals surface area contributed by atoms with Crippen LogP contribution < -0.4 is 0 Å². The molecule has 0 radical (unpaired) electrons. The Morgan fingerprint density at radius 2 is 1.28 bits per heavy atom. The minimum Gasteiger partial charge on any atom is -0.469 e. The zero-order valence-corrected chi connectivity index (χ0v) is 25.8. The molecule has 0 bridgehead atoms. The molecule has 16 heteroatoms. The summed E-state index contributed by atoms with van der Waals surface area (Å²) in [5, 5.41) is 0. The first-order chi connectivity index (χ1) is 20.3. The molecular formula is C27H44ClN5O10. The summed E-state index contributed by atoms with van der Waals surface area (Å²) in [7, 11) is 2.64. The standard InChI is InChI=1S/C15H23N3O6.C12H20N2O4.ClH/c1-3-8-24-15(21)18-5-4-17(11-12(18)13(19)22-2)14(20)16-6-9-23-10-7-16;1-17-11(15)10-3-2-4-14(9-10)12(16)13-5-7-18-8-6-13;/h3,12H,1,4-11H2,2H3;10H,2-9H2,1H3;1H. The van der Waals surface area contributed by atoms with E-state index >= 15 is 0 Å². The Kier molecular flexibility index (Phi) is 15.3. The van der Waals surface area contributed by atoms with Gasteiger partial charge in [0.05, 0.1) is 53.1 Å². The molecule has 0 spiro atoms. The normalized spacial score (nSPS) is 22.2. The highest BCUT2D eigenvalue weighted by Gasteiger charge is 2.39. The van der Waals surface area contributed by atoms with Gasteiger partial charge in [0.1, 0.15) is 6.61 Å². The highest BCUT2D eigenvalue weighted by molar-refractivity contribution is 5.85. The van der Waals surface area contributed by atoms with E-state index in [1.807, 2.05) is 0 Å². The van der Waals surface area contributed by atoms with Crippen LogP contribution >= 0.6 is 12.4 Å². The lowest BCUT2D eigenvalue weighted by atomic mass is 9.98. The van der Waals surface area contributed by atoms with Crippen LogP contribution in [0.3, 0.4) is 0 Å². The van der Waals surface area contributed by atoms with Gasteiger partial charge >= 0.3 is 30.1 Å². The number of esters is 2. The van der Waals surface area contributed by atoms with Crippen LogP contribution in [0, 0.1) is 5.92 Å². The number of likely N-dealkylation sites (tertiary alicyclic amines) is 1. The Balaban J connectivity index is 0.000000304. The summed E-state index contributed by atoms with van der Waals surface area (Å²) in [6, 6.07) is -1.02. The minimum atomic E-state index is -0.883. The predicted molar refractivity (Wildman–Crippen MR) is 155 cm³/mol. The number of ether oxygens (including phenoxy) is 5. The van der Waals surface area contributed by atoms with Crippen LogP contribution in [0.4, 0.5) is 14.4 Å². The second-order valence-electron chi connectivity index (χ2n) is 10.1. The number of piperidine rings is 1. The molecule has 2 unspecified atom stereocenters. The Morgan fingerprint density at radius 3 is 1.79 bits per heavy atom. The van der Waals surface area contributed by atoms with E-state index in [0.717, 1.165) is 19.4 Å². The summed E-state index contributed by atoms with van der Waals surface area (Å²) < 4.78 is 25.0. The average molecular weight is 634 g/mol. The summed E-state index contributed by atoms with van der Waals surface area (Å²) in [6.45, 7) is 9.84. The van der Waals surface area contributed by atoms with Crippen molar-refractivity contribution in [2.24, 2.45) is 5.92 Å². The van der Waals surface area contributed by atoms with Crippen LogP contribution in [-0.4, -0.2) is 167 Å². The largest absolute Gasteiger partial charge is 0.469 e. The summed E-state index contributed by atoms with van der Waals surface area (Å²) >= 11 is 0. The summed E-state index contributed by atoms with van der Waals surface area (Å²) in [5.74, 6) is -0.965. The number of carbonyl (C=O) groups excluding carboxylic acids is 5. The van der Waals surface area contributed by atoms with Gasteiger partial charge in [-0.25, -0.2) is 19.2 Å². The van der Waals surface area contributed by atoms with Crippen molar-refractivity contribution in [3.8, 4) is 0 Å². The molecule has 2 atom stereocenters. The van der Waals surface area contributed by atoms with Crippen LogP contribution in [0.25, 0.3) is 0 Å². The van der Waals surface area contributed by atoms with Crippen molar-refractivity contribution in [1.82, 2.24) is 24.5 Å². The first kappa shape index (κ1) is 35.9. The first-order valence-electron chi connectivity index (χ1n) is 14.2. The van der Waals surface area contributed by atoms with Crippen LogP contribution in [0.2, 0.25) is 0 Å². The zero-order chi connectivity index (χ0) is 30.5. The monoisotopic (exact) mass is 633 g/mol. The van der Waals surface area contributed by atoms with Crippen molar-refractivity contribution >= 4 is 42.5 Å². The maximum atomic E-state index is 12.6. The molecule has 0 aliphatic carbocycles. The van der Waals surface area contributed by atoms with Gasteiger partial charge in [-0.05, 0) is 12.8 Å². The minimum absolute atomic E-state index is 0. The lowest BCUT2D eigenvalue weighted by Gasteiger charge is -2.41. The molecule has 43 heavy (non-hydrogen) atoms. The second-order valence-corrected chi connectivity index (χ2v) is 10.1. The smallest absolute Gasteiger partial charge is 0.410 e. The number of hydrogen-bond donors (Lipinski definition) is 0. The Labute approximate surface area is 258 Å². The number of nitrogens with zero attached hydrogens (tertiary/aromatic N) is 5. The second kappa shape index (κ2) is 18.4. The lowest BCUT2D eigenvalue weighted by Crippen LogP contribution is -2.62. The van der Waals surface area contributed by atoms with Gasteiger partial charge in [0.15, 0.2) is 6.04 Å². The van der Waals surface area contributed by atoms with E-state index in [4.69, 9.17) is 23.7 Å². The third-order valence-corrected chi connectivity index (χ3v) is 7.47. The third-order valence-electron chi connectivity index (χ3n) is 7.47. The SMILES string of the molecule is C=CCOC(=O)N1CCN(C(=O)N2CCOCC2)CC1C(=O)OC.COC(=O)C1CCCN(C(=O)N2CCOCC2)C1.Cl. The summed E-state index contributed by atoms with van der Waals surface area (Å²) in [5.41, 5.74) is 0. The molecule has 4 aliphatic heterocycles. The lowest BCUT2D eigenvalue weighted by molar-refractivity contribution is -0.148. The van der Waals surface area contributed by atoms with Crippen LogP contribution in [0.5, 0.6) is 0 Å². The Hall–Kier alpha value is -3.30. The number of rotatable bonds is 4. The Morgan fingerprint density at radius 1 is 0.744 bits per heavy atom. The van der Waals surface area contributed by atoms with Crippen LogP contribution in [-0.2, 0) is 33.3 Å². The topological polar surface area (TPSA) is 148 Å². The third kappa shape index (κ3) is 10.1. The van der Waals surface area contributed by atoms with E-state index in [-0.39, 0.29) is 56.1 Å². The summed E-state index contributed by atoms with van der Waals surface area (Å²) in [4.78, 5) is 68.5. The van der Waals surface area contributed by atoms with Gasteiger partial charge in [0.25, 0.3) is 0 Å². The Bertz CT molecular complexity index is 960. The molecule has 4 rings (SSSR count). The number of urea groups is 2. The van der Waals surface area contributed by atoms with Crippen molar-refractivity contribution in [3.63, 3.8) is 0 Å². The molecule has 15 nitrogen and oxygen atoms in total. The van der Waals surface area contributed by atoms with E-state index in [0.29, 0.717) is 65.7 Å². The fourth-order valence-electron chi connectivity index (χ4n) is 5.15. The number of piperazine rings is 1. The summed E-state index contributed by atoms with van der Waals surface area (Å²) in [6.07, 6.45) is 2.49. The van der Waals surface area contributed by atoms with Gasteiger partial charge in [-0.15, -0.1) is 12.4 Å². The van der Waals surface area contributed by atoms with Gasteiger partial charge in [-0.1, -0.05) is 12.7 Å².